The highest BCUT2D eigenvalue weighted by Crippen LogP contribution is 2.41. The molecule has 0 aliphatic rings. The van der Waals surface area contributed by atoms with E-state index < -0.39 is 17.9 Å². The van der Waals surface area contributed by atoms with Crippen LogP contribution in [0.3, 0.4) is 0 Å². The molecule has 1 aromatic rings. The zero-order valence-electron chi connectivity index (χ0n) is 12.8. The Morgan fingerprint density at radius 3 is 2.09 bits per heavy atom. The summed E-state index contributed by atoms with van der Waals surface area (Å²) in [6.07, 6.45) is 0. The first-order valence-electron chi connectivity index (χ1n) is 6.43. The van der Waals surface area contributed by atoms with Gasteiger partial charge in [-0.1, -0.05) is 0 Å². The third-order valence-electron chi connectivity index (χ3n) is 3.01. The van der Waals surface area contributed by atoms with E-state index in [1.165, 1.54) is 40.4 Å². The number of alkyl halides is 2. The Hall–Kier alpha value is -2.09. The molecule has 0 saturated heterocycles. The second-order valence-corrected chi connectivity index (χ2v) is 4.27. The van der Waals surface area contributed by atoms with Gasteiger partial charge in [0.25, 0.3) is 0 Å². The van der Waals surface area contributed by atoms with Crippen LogP contribution < -0.4 is 19.9 Å². The Morgan fingerprint density at radius 1 is 1.14 bits per heavy atom. The van der Waals surface area contributed by atoms with Gasteiger partial charge in [-0.15, -0.1) is 0 Å². The molecule has 22 heavy (non-hydrogen) atoms. The van der Waals surface area contributed by atoms with Crippen molar-refractivity contribution in [1.82, 2.24) is 0 Å². The minimum Gasteiger partial charge on any atom is -0.496 e. The molecule has 1 rings (SSSR count). The molecule has 124 valence electrons. The van der Waals surface area contributed by atoms with Gasteiger partial charge in [0.05, 0.1) is 27.9 Å². The monoisotopic (exact) mass is 319 g/mol. The Balaban J connectivity index is 3.32. The van der Waals surface area contributed by atoms with Crippen molar-refractivity contribution in [3.05, 3.63) is 17.7 Å². The number of hydrogen-bond donors (Lipinski definition) is 1. The quantitative estimate of drug-likeness (QED) is 0.773. The molecule has 0 aliphatic heterocycles. The molecule has 2 N–H and O–H groups in total. The topological polar surface area (TPSA) is 80.0 Å². The molecule has 0 fully saturated rings. The van der Waals surface area contributed by atoms with E-state index in [9.17, 15) is 13.6 Å². The minimum atomic E-state index is -3.91. The molecule has 6 nitrogen and oxygen atoms in total. The van der Waals surface area contributed by atoms with Crippen LogP contribution in [0.5, 0.6) is 17.2 Å². The Morgan fingerprint density at radius 2 is 1.64 bits per heavy atom. The van der Waals surface area contributed by atoms with Gasteiger partial charge in [-0.3, -0.25) is 0 Å². The smallest absolute Gasteiger partial charge is 0.379 e. The fraction of sp³-hybridized carbons (Fsp3) is 0.500. The van der Waals surface area contributed by atoms with E-state index >= 15 is 0 Å². The lowest BCUT2D eigenvalue weighted by molar-refractivity contribution is -0.174. The van der Waals surface area contributed by atoms with Gasteiger partial charge in [-0.25, -0.2) is 4.79 Å². The van der Waals surface area contributed by atoms with Crippen LogP contribution in [0.25, 0.3) is 0 Å². The number of hydrogen-bond acceptors (Lipinski definition) is 6. The zero-order chi connectivity index (χ0) is 16.9. The maximum Gasteiger partial charge on any atom is 0.379 e. The van der Waals surface area contributed by atoms with Gasteiger partial charge in [0, 0.05) is 11.6 Å². The average molecular weight is 319 g/mol. The summed E-state index contributed by atoms with van der Waals surface area (Å²) in [7, 11) is 4.03. The maximum atomic E-state index is 14.1. The highest BCUT2D eigenvalue weighted by atomic mass is 19.3. The van der Waals surface area contributed by atoms with E-state index in [1.54, 1.807) is 0 Å². The second-order valence-electron chi connectivity index (χ2n) is 4.27. The highest BCUT2D eigenvalue weighted by molar-refractivity contribution is 5.79. The highest BCUT2D eigenvalue weighted by Gasteiger charge is 2.49. The molecule has 0 aromatic heterocycles. The summed E-state index contributed by atoms with van der Waals surface area (Å²) in [5.74, 6) is -5.08. The van der Waals surface area contributed by atoms with Crippen molar-refractivity contribution in [2.45, 2.75) is 18.9 Å². The van der Waals surface area contributed by atoms with Crippen molar-refractivity contribution in [3.8, 4) is 17.2 Å². The number of halogens is 2. The third kappa shape index (κ3) is 3.38. The van der Waals surface area contributed by atoms with Gasteiger partial charge in [0.15, 0.2) is 11.5 Å². The summed E-state index contributed by atoms with van der Waals surface area (Å²) < 4.78 is 47.7. The van der Waals surface area contributed by atoms with Crippen LogP contribution in [0.4, 0.5) is 8.78 Å². The van der Waals surface area contributed by atoms with Crippen LogP contribution in [0, 0.1) is 0 Å². The number of ether oxygens (including phenoxy) is 4. The maximum absolute atomic E-state index is 14.1. The minimum absolute atomic E-state index is 0.0501. The molecule has 0 bridgehead atoms. The number of methoxy groups -OCH3 is 3. The molecule has 0 radical (unpaired) electrons. The number of nitrogens with two attached hydrogens (primary N) is 1. The largest absolute Gasteiger partial charge is 0.496 e. The average Bonchev–Trinajstić information content (AvgIpc) is 2.52. The van der Waals surface area contributed by atoms with E-state index in [0.29, 0.717) is 0 Å². The van der Waals surface area contributed by atoms with Crippen molar-refractivity contribution >= 4 is 5.97 Å². The molecule has 8 heteroatoms. The van der Waals surface area contributed by atoms with Crippen LogP contribution in [0.2, 0.25) is 0 Å². The van der Waals surface area contributed by atoms with Crippen molar-refractivity contribution < 1.29 is 32.5 Å². The van der Waals surface area contributed by atoms with E-state index in [0.717, 1.165) is 0 Å². The predicted molar refractivity (Wildman–Crippen MR) is 74.6 cm³/mol. The van der Waals surface area contributed by atoms with Gasteiger partial charge in [0.1, 0.15) is 11.8 Å². The van der Waals surface area contributed by atoms with Gasteiger partial charge < -0.3 is 24.7 Å². The van der Waals surface area contributed by atoms with Crippen molar-refractivity contribution in [2.75, 3.05) is 27.9 Å². The van der Waals surface area contributed by atoms with E-state index in [4.69, 9.17) is 19.9 Å². The third-order valence-corrected chi connectivity index (χ3v) is 3.01. The summed E-state index contributed by atoms with van der Waals surface area (Å²) in [5.41, 5.74) is 5.47. The molecule has 0 saturated carbocycles. The lowest BCUT2D eigenvalue weighted by Crippen LogP contribution is -2.41. The SMILES string of the molecule is CCOC(=O)C(F)(F)[C@H](N)c1cc(OC)c(OC)cc1OC. The van der Waals surface area contributed by atoms with Gasteiger partial charge >= 0.3 is 11.9 Å². The van der Waals surface area contributed by atoms with Crippen LogP contribution in [0.1, 0.15) is 18.5 Å². The van der Waals surface area contributed by atoms with Gasteiger partial charge in [0.2, 0.25) is 0 Å². The standard InChI is InChI=1S/C14H19F2NO5/c1-5-22-13(18)14(15,16)12(17)8-6-10(20-3)11(21-4)7-9(8)19-2/h6-7,12H,5,17H2,1-4H3/t12-/m1/s1. The molecule has 1 aromatic carbocycles. The summed E-state index contributed by atoms with van der Waals surface area (Å²) in [4.78, 5) is 11.4. The van der Waals surface area contributed by atoms with Crippen molar-refractivity contribution in [1.29, 1.82) is 0 Å². The van der Waals surface area contributed by atoms with Crippen LogP contribution in [0.15, 0.2) is 12.1 Å². The van der Waals surface area contributed by atoms with Crippen LogP contribution >= 0.6 is 0 Å². The summed E-state index contributed by atoms with van der Waals surface area (Å²) in [6, 6.07) is 0.645. The Kier molecular flexibility index (Phi) is 5.92. The second kappa shape index (κ2) is 7.26. The predicted octanol–water partition coefficient (Wildman–Crippen LogP) is 1.91. The molecule has 0 unspecified atom stereocenters. The number of esters is 1. The summed E-state index contributed by atoms with van der Waals surface area (Å²) >= 11 is 0. The fourth-order valence-corrected chi connectivity index (χ4v) is 1.85. The first-order valence-corrected chi connectivity index (χ1v) is 6.43. The summed E-state index contributed by atoms with van der Waals surface area (Å²) in [5, 5.41) is 0. The number of rotatable bonds is 7. The van der Waals surface area contributed by atoms with Crippen molar-refractivity contribution in [2.24, 2.45) is 5.73 Å². The zero-order valence-corrected chi connectivity index (χ0v) is 12.8. The Bertz CT molecular complexity index is 536. The number of carbonyl (C=O) groups is 1. The first-order chi connectivity index (χ1) is 10.3. The normalized spacial score (nSPS) is 12.5. The molecule has 0 aliphatic carbocycles. The van der Waals surface area contributed by atoms with E-state index in [2.05, 4.69) is 4.74 Å². The van der Waals surface area contributed by atoms with Gasteiger partial charge in [-0.05, 0) is 13.0 Å². The Labute approximate surface area is 127 Å². The van der Waals surface area contributed by atoms with Crippen LogP contribution in [-0.2, 0) is 9.53 Å². The molecule has 1 atom stereocenters. The molecule has 0 amide bonds. The fourth-order valence-electron chi connectivity index (χ4n) is 1.85. The number of benzene rings is 1. The lowest BCUT2D eigenvalue weighted by atomic mass is 9.99. The number of carbonyl (C=O) groups excluding carboxylic acids is 1. The summed E-state index contributed by atoms with van der Waals surface area (Å²) in [6.45, 7) is 1.25. The lowest BCUT2D eigenvalue weighted by Gasteiger charge is -2.24. The van der Waals surface area contributed by atoms with E-state index in [1.807, 2.05) is 0 Å². The molecular weight excluding hydrogens is 300 g/mol. The van der Waals surface area contributed by atoms with Crippen LogP contribution in [-0.4, -0.2) is 39.8 Å². The van der Waals surface area contributed by atoms with Crippen molar-refractivity contribution in [3.63, 3.8) is 0 Å². The first kappa shape index (κ1) is 18.0. The van der Waals surface area contributed by atoms with Gasteiger partial charge in [-0.2, -0.15) is 8.78 Å². The van der Waals surface area contributed by atoms with E-state index in [-0.39, 0.29) is 29.4 Å². The molecule has 0 spiro atoms. The molecule has 0 heterocycles. The molecular formula is C14H19F2NO5.